The molecule has 2 aromatic rings. The minimum absolute atomic E-state index is 0.159. The molecular formula is C23H25FN2O. The molecule has 2 fully saturated rings. The Morgan fingerprint density at radius 3 is 2.44 bits per heavy atom. The van der Waals surface area contributed by atoms with Gasteiger partial charge in [0.1, 0.15) is 5.82 Å². The molecule has 0 unspecified atom stereocenters. The Morgan fingerprint density at radius 2 is 1.78 bits per heavy atom. The number of carbonyl (C=O) groups is 1. The first-order valence-electron chi connectivity index (χ1n) is 10.1. The van der Waals surface area contributed by atoms with E-state index in [4.69, 9.17) is 0 Å². The highest BCUT2D eigenvalue weighted by atomic mass is 19.1. The summed E-state index contributed by atoms with van der Waals surface area (Å²) >= 11 is 0. The van der Waals surface area contributed by atoms with Crippen LogP contribution >= 0.6 is 0 Å². The maximum absolute atomic E-state index is 13.5. The number of carbonyl (C=O) groups excluding carboxylic acids is 1. The number of hydrogen-bond donors (Lipinski definition) is 0. The number of amides is 1. The molecule has 3 nitrogen and oxygen atoms in total. The molecule has 0 bridgehead atoms. The van der Waals surface area contributed by atoms with Crippen LogP contribution < -0.4 is 9.80 Å². The maximum atomic E-state index is 13.5. The van der Waals surface area contributed by atoms with Gasteiger partial charge in [0.25, 0.3) is 0 Å². The van der Waals surface area contributed by atoms with Gasteiger partial charge in [0.05, 0.1) is 12.1 Å². The van der Waals surface area contributed by atoms with Gasteiger partial charge in [0, 0.05) is 30.9 Å². The monoisotopic (exact) mass is 364 g/mol. The molecular weight excluding hydrogens is 339 g/mol. The van der Waals surface area contributed by atoms with Crippen molar-refractivity contribution >= 4 is 17.3 Å². The van der Waals surface area contributed by atoms with Crippen LogP contribution in [0.3, 0.4) is 0 Å². The number of hydrogen-bond acceptors (Lipinski definition) is 2. The molecule has 0 spiro atoms. The van der Waals surface area contributed by atoms with Crippen molar-refractivity contribution in [1.82, 2.24) is 0 Å². The average molecular weight is 364 g/mol. The summed E-state index contributed by atoms with van der Waals surface area (Å²) in [5.74, 6) is 1.57. The van der Waals surface area contributed by atoms with E-state index in [-0.39, 0.29) is 11.7 Å². The molecule has 1 saturated heterocycles. The van der Waals surface area contributed by atoms with Crippen molar-refractivity contribution in [3.05, 3.63) is 47.8 Å². The Morgan fingerprint density at radius 1 is 1.07 bits per heavy atom. The van der Waals surface area contributed by atoms with E-state index in [0.29, 0.717) is 13.0 Å². The third-order valence-corrected chi connectivity index (χ3v) is 6.65. The van der Waals surface area contributed by atoms with E-state index >= 15 is 0 Å². The fraction of sp³-hybridized carbons (Fsp3) is 0.435. The molecule has 2 atom stereocenters. The van der Waals surface area contributed by atoms with E-state index in [2.05, 4.69) is 17.0 Å². The molecule has 0 radical (unpaired) electrons. The zero-order valence-electron chi connectivity index (χ0n) is 15.7. The zero-order valence-corrected chi connectivity index (χ0v) is 15.7. The molecule has 2 aliphatic heterocycles. The van der Waals surface area contributed by atoms with Crippen molar-refractivity contribution in [2.75, 3.05) is 29.4 Å². The van der Waals surface area contributed by atoms with E-state index in [1.54, 1.807) is 0 Å². The van der Waals surface area contributed by atoms with Gasteiger partial charge in [0.15, 0.2) is 0 Å². The van der Waals surface area contributed by atoms with Gasteiger partial charge in [-0.2, -0.15) is 0 Å². The molecule has 2 aromatic carbocycles. The van der Waals surface area contributed by atoms with Crippen molar-refractivity contribution in [3.63, 3.8) is 0 Å². The molecule has 0 N–H and O–H groups in total. The van der Waals surface area contributed by atoms with E-state index in [9.17, 15) is 9.18 Å². The lowest BCUT2D eigenvalue weighted by Gasteiger charge is -2.24. The smallest absolute Gasteiger partial charge is 0.231 e. The molecule has 5 rings (SSSR count). The van der Waals surface area contributed by atoms with Crippen LogP contribution in [0, 0.1) is 17.7 Å². The van der Waals surface area contributed by atoms with Crippen LogP contribution in [0.1, 0.15) is 31.7 Å². The quantitative estimate of drug-likeness (QED) is 0.792. The van der Waals surface area contributed by atoms with Crippen molar-refractivity contribution in [3.8, 4) is 11.1 Å². The Hall–Kier alpha value is -2.36. The number of benzene rings is 2. The Kier molecular flexibility index (Phi) is 3.96. The summed E-state index contributed by atoms with van der Waals surface area (Å²) in [6.45, 7) is 4.92. The highest BCUT2D eigenvalue weighted by Gasteiger charge is 2.37. The Bertz CT molecular complexity index is 880. The first kappa shape index (κ1) is 16.8. The lowest BCUT2D eigenvalue weighted by molar-refractivity contribution is -0.117. The number of anilines is 2. The highest BCUT2D eigenvalue weighted by molar-refractivity contribution is 6.06. The van der Waals surface area contributed by atoms with Crippen LogP contribution in [0.4, 0.5) is 15.8 Å². The summed E-state index contributed by atoms with van der Waals surface area (Å²) in [6.07, 6.45) is 4.53. The second-order valence-corrected chi connectivity index (χ2v) is 8.18. The number of halogens is 1. The van der Waals surface area contributed by atoms with Gasteiger partial charge >= 0.3 is 0 Å². The molecule has 27 heavy (non-hydrogen) atoms. The third kappa shape index (κ3) is 2.73. The van der Waals surface area contributed by atoms with Crippen molar-refractivity contribution < 1.29 is 9.18 Å². The topological polar surface area (TPSA) is 23.6 Å². The molecule has 3 aliphatic rings. The number of fused-ring (bicyclic) bond motifs is 2. The first-order valence-corrected chi connectivity index (χ1v) is 10.1. The van der Waals surface area contributed by atoms with Crippen molar-refractivity contribution in [2.24, 2.45) is 11.8 Å². The van der Waals surface area contributed by atoms with Gasteiger partial charge in [-0.25, -0.2) is 4.39 Å². The molecule has 4 heteroatoms. The summed E-state index contributed by atoms with van der Waals surface area (Å²) < 4.78 is 13.5. The Labute approximate surface area is 159 Å². The normalized spacial score (nSPS) is 23.9. The minimum atomic E-state index is -0.234. The van der Waals surface area contributed by atoms with E-state index in [1.807, 2.05) is 24.0 Å². The fourth-order valence-corrected chi connectivity index (χ4v) is 5.33. The summed E-state index contributed by atoms with van der Waals surface area (Å²) in [4.78, 5) is 16.9. The van der Waals surface area contributed by atoms with E-state index in [0.717, 1.165) is 47.3 Å². The van der Waals surface area contributed by atoms with Gasteiger partial charge in [-0.1, -0.05) is 18.6 Å². The number of rotatable bonds is 3. The van der Waals surface area contributed by atoms with Crippen LogP contribution in [0.2, 0.25) is 0 Å². The van der Waals surface area contributed by atoms with Gasteiger partial charge in [-0.15, -0.1) is 0 Å². The van der Waals surface area contributed by atoms with E-state index < -0.39 is 0 Å². The second kappa shape index (κ2) is 6.36. The zero-order chi connectivity index (χ0) is 18.5. The third-order valence-electron chi connectivity index (χ3n) is 6.65. The van der Waals surface area contributed by atoms with Crippen molar-refractivity contribution in [2.45, 2.75) is 32.6 Å². The Balaban J connectivity index is 1.60. The van der Waals surface area contributed by atoms with Gasteiger partial charge in [0.2, 0.25) is 5.91 Å². The molecule has 1 amide bonds. The summed E-state index contributed by atoms with van der Waals surface area (Å²) in [5, 5.41) is 0. The number of likely N-dealkylation sites (N-methyl/N-ethyl adjacent to an activating group) is 1. The van der Waals surface area contributed by atoms with Gasteiger partial charge in [-0.3, -0.25) is 4.79 Å². The minimum Gasteiger partial charge on any atom is -0.371 e. The van der Waals surface area contributed by atoms with Crippen LogP contribution in [-0.2, 0) is 11.2 Å². The molecule has 1 saturated carbocycles. The fourth-order valence-electron chi connectivity index (χ4n) is 5.33. The summed E-state index contributed by atoms with van der Waals surface area (Å²) in [7, 11) is 0. The standard InChI is InChI=1S/C23H25FN2O/c1-2-26-22(27)11-18-10-20(25-13-16-4-3-5-17(16)14-25)12-21(23(18)26)15-6-8-19(24)9-7-15/h6-10,12,16-17H,2-5,11,13-14H2,1H3/t16-,17-/m1/s1. The summed E-state index contributed by atoms with van der Waals surface area (Å²) in [6, 6.07) is 11.1. The largest absolute Gasteiger partial charge is 0.371 e. The summed E-state index contributed by atoms with van der Waals surface area (Å²) in [5.41, 5.74) is 5.36. The maximum Gasteiger partial charge on any atom is 0.231 e. The number of nitrogens with zero attached hydrogens (tertiary/aromatic N) is 2. The van der Waals surface area contributed by atoms with Crippen LogP contribution in [0.25, 0.3) is 11.1 Å². The van der Waals surface area contributed by atoms with E-state index in [1.165, 1.54) is 37.1 Å². The highest BCUT2D eigenvalue weighted by Crippen LogP contribution is 2.45. The second-order valence-electron chi connectivity index (χ2n) is 8.18. The first-order chi connectivity index (χ1) is 13.1. The lowest BCUT2D eigenvalue weighted by atomic mass is 9.98. The van der Waals surface area contributed by atoms with Crippen LogP contribution in [0.15, 0.2) is 36.4 Å². The molecule has 1 aliphatic carbocycles. The molecule has 140 valence electrons. The van der Waals surface area contributed by atoms with Crippen LogP contribution in [-0.4, -0.2) is 25.5 Å². The SMILES string of the molecule is CCN1C(=O)Cc2cc(N3C[C@H]4CCC[C@@H]4C3)cc(-c3ccc(F)cc3)c21. The predicted octanol–water partition coefficient (Wildman–Crippen LogP) is 4.64. The van der Waals surface area contributed by atoms with Crippen LogP contribution in [0.5, 0.6) is 0 Å². The molecule has 2 heterocycles. The van der Waals surface area contributed by atoms with Gasteiger partial charge < -0.3 is 9.80 Å². The predicted molar refractivity (Wildman–Crippen MR) is 107 cm³/mol. The molecule has 0 aromatic heterocycles. The lowest BCUT2D eigenvalue weighted by Crippen LogP contribution is -2.26. The van der Waals surface area contributed by atoms with Crippen molar-refractivity contribution in [1.29, 1.82) is 0 Å². The van der Waals surface area contributed by atoms with Gasteiger partial charge in [-0.05, 0) is 67.0 Å². The average Bonchev–Trinajstić information content (AvgIpc) is 3.33.